The van der Waals surface area contributed by atoms with Crippen LogP contribution >= 0.6 is 23.4 Å². The summed E-state index contributed by atoms with van der Waals surface area (Å²) in [5, 5.41) is 19.5. The molecule has 0 N–H and O–H groups in total. The zero-order chi connectivity index (χ0) is 18.6. The van der Waals surface area contributed by atoms with E-state index in [0.717, 1.165) is 35.4 Å². The Morgan fingerprint density at radius 3 is 2.67 bits per heavy atom. The van der Waals surface area contributed by atoms with Crippen LogP contribution in [0.4, 0.5) is 5.95 Å². The number of aromatic nitrogens is 3. The van der Waals surface area contributed by atoms with Gasteiger partial charge in [0.05, 0.1) is 22.3 Å². The van der Waals surface area contributed by atoms with Gasteiger partial charge in [-0.2, -0.15) is 5.26 Å². The topological polar surface area (TPSA) is 57.7 Å². The van der Waals surface area contributed by atoms with E-state index >= 15 is 0 Å². The maximum atomic E-state index is 9.09. The summed E-state index contributed by atoms with van der Waals surface area (Å²) in [6.07, 6.45) is 2.33. The smallest absolute Gasteiger partial charge is 0.232 e. The van der Waals surface area contributed by atoms with Crippen LogP contribution < -0.4 is 4.90 Å². The number of nitrogens with zero attached hydrogens (tertiary/aromatic N) is 5. The SMILES string of the molecule is N#Cc1cccc(CSc2nnc(N3CCCC3)n2-c2ccccc2Cl)c1. The molecule has 0 atom stereocenters. The van der Waals surface area contributed by atoms with Gasteiger partial charge in [-0.25, -0.2) is 0 Å². The first-order valence-electron chi connectivity index (χ1n) is 8.83. The molecule has 0 spiro atoms. The molecule has 2 aromatic carbocycles. The number of anilines is 1. The Kier molecular flexibility index (Phi) is 5.33. The number of benzene rings is 2. The third kappa shape index (κ3) is 3.80. The Labute approximate surface area is 167 Å². The van der Waals surface area contributed by atoms with Gasteiger partial charge in [-0.15, -0.1) is 10.2 Å². The van der Waals surface area contributed by atoms with E-state index in [4.69, 9.17) is 16.9 Å². The number of hydrogen-bond donors (Lipinski definition) is 0. The van der Waals surface area contributed by atoms with E-state index in [2.05, 4.69) is 21.2 Å². The maximum Gasteiger partial charge on any atom is 0.232 e. The van der Waals surface area contributed by atoms with Gasteiger partial charge in [0, 0.05) is 18.8 Å². The second-order valence-corrected chi connectivity index (χ2v) is 7.71. The van der Waals surface area contributed by atoms with Gasteiger partial charge >= 0.3 is 0 Å². The molecule has 27 heavy (non-hydrogen) atoms. The van der Waals surface area contributed by atoms with Crippen molar-refractivity contribution >= 4 is 29.3 Å². The highest BCUT2D eigenvalue weighted by Crippen LogP contribution is 2.33. The highest BCUT2D eigenvalue weighted by molar-refractivity contribution is 7.98. The summed E-state index contributed by atoms with van der Waals surface area (Å²) in [5.74, 6) is 1.55. The van der Waals surface area contributed by atoms with Gasteiger partial charge in [0.2, 0.25) is 5.95 Å². The van der Waals surface area contributed by atoms with E-state index < -0.39 is 0 Å². The predicted molar refractivity (Wildman–Crippen MR) is 109 cm³/mol. The molecule has 136 valence electrons. The van der Waals surface area contributed by atoms with Crippen molar-refractivity contribution in [2.45, 2.75) is 23.8 Å². The van der Waals surface area contributed by atoms with Crippen molar-refractivity contribution in [2.75, 3.05) is 18.0 Å². The van der Waals surface area contributed by atoms with Crippen molar-refractivity contribution in [2.24, 2.45) is 0 Å². The van der Waals surface area contributed by atoms with E-state index in [-0.39, 0.29) is 0 Å². The zero-order valence-corrected chi connectivity index (χ0v) is 16.2. The normalized spacial score (nSPS) is 13.7. The summed E-state index contributed by atoms with van der Waals surface area (Å²) in [4.78, 5) is 2.26. The highest BCUT2D eigenvalue weighted by Gasteiger charge is 2.23. The molecular weight excluding hydrogens is 378 g/mol. The van der Waals surface area contributed by atoms with Gasteiger partial charge in [-0.3, -0.25) is 4.57 Å². The molecule has 3 aromatic rings. The highest BCUT2D eigenvalue weighted by atomic mass is 35.5. The Hall–Kier alpha value is -2.49. The molecule has 2 heterocycles. The van der Waals surface area contributed by atoms with Crippen LogP contribution in [0.2, 0.25) is 5.02 Å². The fourth-order valence-corrected chi connectivity index (χ4v) is 4.30. The van der Waals surface area contributed by atoms with E-state index in [1.54, 1.807) is 11.8 Å². The van der Waals surface area contributed by atoms with Crippen molar-refractivity contribution in [3.05, 3.63) is 64.7 Å². The molecule has 0 amide bonds. The van der Waals surface area contributed by atoms with Crippen LogP contribution in [0.5, 0.6) is 0 Å². The lowest BCUT2D eigenvalue weighted by molar-refractivity contribution is 0.841. The van der Waals surface area contributed by atoms with Gasteiger partial charge in [0.25, 0.3) is 0 Å². The molecule has 0 radical (unpaired) electrons. The zero-order valence-electron chi connectivity index (χ0n) is 14.7. The van der Waals surface area contributed by atoms with Crippen LogP contribution in [0, 0.1) is 11.3 Å². The van der Waals surface area contributed by atoms with E-state index in [1.807, 2.05) is 53.1 Å². The Morgan fingerprint density at radius 2 is 1.89 bits per heavy atom. The van der Waals surface area contributed by atoms with Crippen LogP contribution in [0.25, 0.3) is 5.69 Å². The third-order valence-corrected chi connectivity index (χ3v) is 5.84. The molecule has 1 aliphatic heterocycles. The summed E-state index contributed by atoms with van der Waals surface area (Å²) in [6, 6.07) is 17.6. The first-order chi connectivity index (χ1) is 13.3. The minimum atomic E-state index is 0.665. The van der Waals surface area contributed by atoms with Crippen molar-refractivity contribution in [3.8, 4) is 11.8 Å². The number of nitriles is 1. The molecule has 0 unspecified atom stereocenters. The van der Waals surface area contributed by atoms with Gasteiger partial charge in [0.1, 0.15) is 0 Å². The second kappa shape index (κ2) is 8.03. The van der Waals surface area contributed by atoms with Gasteiger partial charge in [0.15, 0.2) is 5.16 Å². The maximum absolute atomic E-state index is 9.09. The van der Waals surface area contributed by atoms with Crippen molar-refractivity contribution in [1.82, 2.24) is 14.8 Å². The number of para-hydroxylation sites is 1. The molecule has 0 saturated carbocycles. The van der Waals surface area contributed by atoms with Crippen LogP contribution in [-0.2, 0) is 5.75 Å². The molecule has 7 heteroatoms. The summed E-state index contributed by atoms with van der Waals surface area (Å²) in [6.45, 7) is 1.97. The average molecular weight is 396 g/mol. The quantitative estimate of drug-likeness (QED) is 0.587. The molecule has 0 aliphatic carbocycles. The molecule has 1 fully saturated rings. The predicted octanol–water partition coefficient (Wildman–Crippen LogP) is 4.68. The summed E-state index contributed by atoms with van der Waals surface area (Å²) in [7, 11) is 0. The molecule has 5 nitrogen and oxygen atoms in total. The summed E-state index contributed by atoms with van der Waals surface area (Å²) in [5.41, 5.74) is 2.63. The number of halogens is 1. The molecule has 1 aromatic heterocycles. The lowest BCUT2D eigenvalue weighted by Crippen LogP contribution is -2.22. The number of thioether (sulfide) groups is 1. The Morgan fingerprint density at radius 1 is 1.07 bits per heavy atom. The lowest BCUT2D eigenvalue weighted by Gasteiger charge is -2.19. The van der Waals surface area contributed by atoms with Gasteiger partial charge in [-0.1, -0.05) is 47.6 Å². The molecule has 0 bridgehead atoms. The van der Waals surface area contributed by atoms with E-state index in [9.17, 15) is 0 Å². The van der Waals surface area contributed by atoms with Crippen LogP contribution in [0.15, 0.2) is 53.7 Å². The Bertz CT molecular complexity index is 988. The minimum absolute atomic E-state index is 0.665. The fourth-order valence-electron chi connectivity index (χ4n) is 3.20. The second-order valence-electron chi connectivity index (χ2n) is 6.36. The first-order valence-corrected chi connectivity index (χ1v) is 10.2. The van der Waals surface area contributed by atoms with Crippen LogP contribution in [-0.4, -0.2) is 27.9 Å². The lowest BCUT2D eigenvalue weighted by atomic mass is 10.2. The largest absolute Gasteiger partial charge is 0.341 e. The average Bonchev–Trinajstić information content (AvgIpc) is 3.36. The van der Waals surface area contributed by atoms with E-state index in [0.29, 0.717) is 16.3 Å². The summed E-state index contributed by atoms with van der Waals surface area (Å²) >= 11 is 8.08. The van der Waals surface area contributed by atoms with Crippen LogP contribution in [0.3, 0.4) is 0 Å². The number of hydrogen-bond acceptors (Lipinski definition) is 5. The van der Waals surface area contributed by atoms with Crippen molar-refractivity contribution in [1.29, 1.82) is 5.26 Å². The first kappa shape index (κ1) is 17.9. The van der Waals surface area contributed by atoms with Gasteiger partial charge < -0.3 is 4.90 Å². The fraction of sp³-hybridized carbons (Fsp3) is 0.250. The Balaban J connectivity index is 1.68. The monoisotopic (exact) mass is 395 g/mol. The van der Waals surface area contributed by atoms with Crippen LogP contribution in [0.1, 0.15) is 24.0 Å². The molecular formula is C20H18ClN5S. The standard InChI is InChI=1S/C20H18ClN5S/c21-17-8-1-2-9-18(17)26-19(25-10-3-4-11-25)23-24-20(26)27-14-16-7-5-6-15(12-16)13-22/h1-2,5-9,12H,3-4,10-11,14H2. The van der Waals surface area contributed by atoms with Crippen molar-refractivity contribution in [3.63, 3.8) is 0 Å². The number of rotatable bonds is 5. The van der Waals surface area contributed by atoms with Gasteiger partial charge in [-0.05, 0) is 42.7 Å². The summed E-state index contributed by atoms with van der Waals surface area (Å²) < 4.78 is 2.05. The minimum Gasteiger partial charge on any atom is -0.341 e. The molecule has 1 aliphatic rings. The van der Waals surface area contributed by atoms with Crippen molar-refractivity contribution < 1.29 is 0 Å². The molecule has 1 saturated heterocycles. The molecule has 4 rings (SSSR count). The van der Waals surface area contributed by atoms with E-state index in [1.165, 1.54) is 12.8 Å². The third-order valence-electron chi connectivity index (χ3n) is 4.52.